The summed E-state index contributed by atoms with van der Waals surface area (Å²) in [5.74, 6) is 0. The monoisotopic (exact) mass is 313 g/mol. The molecule has 0 saturated carbocycles. The van der Waals surface area contributed by atoms with Crippen molar-refractivity contribution in [2.45, 2.75) is 39.8 Å². The van der Waals surface area contributed by atoms with Crippen LogP contribution < -0.4 is 5.73 Å². The topological polar surface area (TPSA) is 51.8 Å². The number of pyridine rings is 2. The van der Waals surface area contributed by atoms with E-state index >= 15 is 0 Å². The minimum Gasteiger partial charge on any atom is -0.330 e. The average molecular weight is 313 g/mol. The largest absolute Gasteiger partial charge is 0.330 e. The van der Waals surface area contributed by atoms with Gasteiger partial charge in [-0.3, -0.25) is 9.97 Å². The molecule has 2 aromatic rings. The van der Waals surface area contributed by atoms with E-state index < -0.39 is 0 Å². The van der Waals surface area contributed by atoms with Crippen molar-refractivity contribution in [1.29, 1.82) is 0 Å². The van der Waals surface area contributed by atoms with E-state index in [0.717, 1.165) is 43.5 Å². The number of nitrogens with two attached hydrogens (primary N) is 1. The standard InChI is InChI=1S/C19H29N4/c1-16-8-6-11-21-18(16)14-23(3,13-5-4-10-20)15-19-17(2)9-7-12-22-19/h6-9,11-12H,4-5,10,13-15,20H2,1-3H3/q+1. The third-order valence-electron chi connectivity index (χ3n) is 4.45. The van der Waals surface area contributed by atoms with E-state index in [2.05, 4.69) is 43.0 Å². The second kappa shape index (κ2) is 8.18. The molecule has 0 aromatic carbocycles. The van der Waals surface area contributed by atoms with Crippen LogP contribution >= 0.6 is 0 Å². The SMILES string of the molecule is Cc1cccnc1C[N+](C)(CCCCN)Cc1ncccc1C. The minimum absolute atomic E-state index is 0.755. The highest BCUT2D eigenvalue weighted by atomic mass is 15.3. The van der Waals surface area contributed by atoms with Crippen molar-refractivity contribution in [2.24, 2.45) is 5.73 Å². The number of hydrogen-bond donors (Lipinski definition) is 1. The van der Waals surface area contributed by atoms with Gasteiger partial charge in [0.25, 0.3) is 0 Å². The maximum absolute atomic E-state index is 5.68. The van der Waals surface area contributed by atoms with Gasteiger partial charge in [-0.05, 0) is 56.5 Å². The van der Waals surface area contributed by atoms with Crippen LogP contribution in [0.25, 0.3) is 0 Å². The highest BCUT2D eigenvalue weighted by Gasteiger charge is 2.25. The molecule has 2 N–H and O–H groups in total. The average Bonchev–Trinajstić information content (AvgIpc) is 2.52. The van der Waals surface area contributed by atoms with Crippen LogP contribution in [0.1, 0.15) is 35.4 Å². The summed E-state index contributed by atoms with van der Waals surface area (Å²) in [5.41, 5.74) is 10.5. The molecule has 2 rings (SSSR count). The fourth-order valence-corrected chi connectivity index (χ4v) is 2.94. The number of aromatic nitrogens is 2. The minimum atomic E-state index is 0.755. The van der Waals surface area contributed by atoms with Gasteiger partial charge in [-0.2, -0.15) is 0 Å². The Morgan fingerprint density at radius 3 is 1.87 bits per heavy atom. The molecule has 2 heterocycles. The quantitative estimate of drug-likeness (QED) is 0.602. The molecule has 0 bridgehead atoms. The first kappa shape index (κ1) is 17.6. The first-order chi connectivity index (χ1) is 11.0. The van der Waals surface area contributed by atoms with Crippen LogP contribution in [0.15, 0.2) is 36.7 Å². The Labute approximate surface area is 140 Å². The van der Waals surface area contributed by atoms with Crippen LogP contribution in [0.2, 0.25) is 0 Å². The molecule has 2 aromatic heterocycles. The normalized spacial score (nSPS) is 11.7. The maximum Gasteiger partial charge on any atom is 0.122 e. The number of rotatable bonds is 8. The fraction of sp³-hybridized carbons (Fsp3) is 0.474. The zero-order valence-corrected chi connectivity index (χ0v) is 14.6. The summed E-state index contributed by atoms with van der Waals surface area (Å²) in [6.07, 6.45) is 5.97. The van der Waals surface area contributed by atoms with E-state index in [4.69, 9.17) is 5.73 Å². The van der Waals surface area contributed by atoms with Gasteiger partial charge in [0.15, 0.2) is 0 Å². The Hall–Kier alpha value is -1.78. The smallest absolute Gasteiger partial charge is 0.122 e. The lowest BCUT2D eigenvalue weighted by Crippen LogP contribution is -2.44. The molecule has 0 amide bonds. The molecule has 0 aliphatic carbocycles. The van der Waals surface area contributed by atoms with Crippen LogP contribution in [0.3, 0.4) is 0 Å². The summed E-state index contributed by atoms with van der Waals surface area (Å²) < 4.78 is 0.912. The summed E-state index contributed by atoms with van der Waals surface area (Å²) in [5, 5.41) is 0. The number of hydrogen-bond acceptors (Lipinski definition) is 3. The molecule has 0 aliphatic heterocycles. The Morgan fingerprint density at radius 2 is 1.43 bits per heavy atom. The highest BCUT2D eigenvalue weighted by molar-refractivity contribution is 5.18. The number of quaternary nitrogens is 1. The van der Waals surface area contributed by atoms with E-state index in [1.165, 1.54) is 22.5 Å². The molecule has 0 atom stereocenters. The molecule has 4 nitrogen and oxygen atoms in total. The molecule has 0 spiro atoms. The summed E-state index contributed by atoms with van der Waals surface area (Å²) >= 11 is 0. The zero-order valence-electron chi connectivity index (χ0n) is 14.6. The van der Waals surface area contributed by atoms with Gasteiger partial charge < -0.3 is 10.2 Å². The van der Waals surface area contributed by atoms with Crippen LogP contribution in [-0.2, 0) is 13.1 Å². The van der Waals surface area contributed by atoms with Crippen LogP contribution in [0, 0.1) is 13.8 Å². The van der Waals surface area contributed by atoms with Crippen molar-refractivity contribution in [2.75, 3.05) is 20.1 Å². The first-order valence-corrected chi connectivity index (χ1v) is 8.39. The van der Waals surface area contributed by atoms with Gasteiger partial charge >= 0.3 is 0 Å². The van der Waals surface area contributed by atoms with Gasteiger partial charge in [-0.15, -0.1) is 0 Å². The molecule has 0 saturated heterocycles. The Kier molecular flexibility index (Phi) is 6.25. The summed E-state index contributed by atoms with van der Waals surface area (Å²) in [6.45, 7) is 7.96. The van der Waals surface area contributed by atoms with E-state index in [0.29, 0.717) is 0 Å². The van der Waals surface area contributed by atoms with Crippen LogP contribution in [0.5, 0.6) is 0 Å². The number of nitrogens with zero attached hydrogens (tertiary/aromatic N) is 3. The van der Waals surface area contributed by atoms with Crippen molar-refractivity contribution in [1.82, 2.24) is 9.97 Å². The first-order valence-electron chi connectivity index (χ1n) is 8.39. The van der Waals surface area contributed by atoms with Crippen molar-refractivity contribution < 1.29 is 4.48 Å². The molecule has 0 aliphatic rings. The van der Waals surface area contributed by atoms with Crippen LogP contribution in [0.4, 0.5) is 0 Å². The van der Waals surface area contributed by atoms with Crippen molar-refractivity contribution in [3.63, 3.8) is 0 Å². The lowest BCUT2D eigenvalue weighted by Gasteiger charge is -2.35. The van der Waals surface area contributed by atoms with Gasteiger partial charge in [0, 0.05) is 12.4 Å². The van der Waals surface area contributed by atoms with Crippen molar-refractivity contribution >= 4 is 0 Å². The molecule has 23 heavy (non-hydrogen) atoms. The second-order valence-corrected chi connectivity index (χ2v) is 6.69. The van der Waals surface area contributed by atoms with Crippen molar-refractivity contribution in [3.05, 3.63) is 59.2 Å². The van der Waals surface area contributed by atoms with Gasteiger partial charge in [-0.25, -0.2) is 0 Å². The number of unbranched alkanes of at least 4 members (excludes halogenated alkanes) is 1. The van der Waals surface area contributed by atoms with Gasteiger partial charge in [-0.1, -0.05) is 12.1 Å². The lowest BCUT2D eigenvalue weighted by atomic mass is 10.1. The zero-order chi connectivity index (χ0) is 16.7. The molecular weight excluding hydrogens is 284 g/mol. The molecular formula is C19H29N4+. The summed E-state index contributed by atoms with van der Waals surface area (Å²) in [4.78, 5) is 9.19. The van der Waals surface area contributed by atoms with E-state index in [1.807, 2.05) is 24.5 Å². The fourth-order valence-electron chi connectivity index (χ4n) is 2.94. The Bertz CT molecular complexity index is 577. The van der Waals surface area contributed by atoms with Gasteiger partial charge in [0.1, 0.15) is 13.1 Å². The van der Waals surface area contributed by atoms with Gasteiger partial charge in [0.2, 0.25) is 0 Å². The molecule has 0 fully saturated rings. The summed E-state index contributed by atoms with van der Waals surface area (Å²) in [6, 6.07) is 8.28. The molecule has 0 radical (unpaired) electrons. The van der Waals surface area contributed by atoms with Gasteiger partial charge in [0.05, 0.1) is 25.0 Å². The number of aryl methyl sites for hydroxylation is 2. The lowest BCUT2D eigenvalue weighted by molar-refractivity contribution is -0.936. The Balaban J connectivity index is 2.21. The molecule has 4 heteroatoms. The van der Waals surface area contributed by atoms with E-state index in [1.54, 1.807) is 0 Å². The highest BCUT2D eigenvalue weighted by Crippen LogP contribution is 2.20. The predicted octanol–water partition coefficient (Wildman–Crippen LogP) is 2.98. The van der Waals surface area contributed by atoms with E-state index in [-0.39, 0.29) is 0 Å². The summed E-state index contributed by atoms with van der Waals surface area (Å²) in [7, 11) is 2.30. The molecule has 0 unspecified atom stereocenters. The molecule has 124 valence electrons. The predicted molar refractivity (Wildman–Crippen MR) is 94.7 cm³/mol. The Morgan fingerprint density at radius 1 is 0.913 bits per heavy atom. The van der Waals surface area contributed by atoms with E-state index in [9.17, 15) is 0 Å². The third-order valence-corrected chi connectivity index (χ3v) is 4.45. The second-order valence-electron chi connectivity index (χ2n) is 6.69. The maximum atomic E-state index is 5.68. The van der Waals surface area contributed by atoms with Crippen molar-refractivity contribution in [3.8, 4) is 0 Å². The van der Waals surface area contributed by atoms with Crippen LogP contribution in [-0.4, -0.2) is 34.6 Å². The third kappa shape index (κ3) is 5.12.